The number of hydrogen-bond acceptors (Lipinski definition) is 4. The van der Waals surface area contributed by atoms with Gasteiger partial charge in [0.1, 0.15) is 0 Å². The van der Waals surface area contributed by atoms with Gasteiger partial charge in [-0.25, -0.2) is 0 Å². The van der Waals surface area contributed by atoms with Crippen LogP contribution >= 0.6 is 0 Å². The van der Waals surface area contributed by atoms with E-state index in [9.17, 15) is 10.0 Å². The maximum atomic E-state index is 10.6. The van der Waals surface area contributed by atoms with Crippen LogP contribution < -0.4 is 0 Å². The van der Waals surface area contributed by atoms with E-state index >= 15 is 0 Å². The summed E-state index contributed by atoms with van der Waals surface area (Å²) < 4.78 is 4.25. The predicted molar refractivity (Wildman–Crippen MR) is 36.9 cm³/mol. The molecule has 0 atom stereocenters. The molecule has 0 saturated carbocycles. The van der Waals surface area contributed by atoms with Gasteiger partial charge in [0, 0.05) is 6.92 Å². The van der Waals surface area contributed by atoms with Crippen LogP contribution in [-0.4, -0.2) is 23.2 Å². The zero-order valence-electron chi connectivity index (χ0n) is 6.33. The fraction of sp³-hybridized carbons (Fsp3) is 0.500. The van der Waals surface area contributed by atoms with Crippen molar-refractivity contribution in [2.45, 2.75) is 13.8 Å². The Bertz CT molecular complexity index is 226. The Morgan fingerprint density at radius 2 is 2.36 bits per heavy atom. The Labute approximate surface area is 64.1 Å². The van der Waals surface area contributed by atoms with Crippen molar-refractivity contribution in [1.29, 1.82) is 5.26 Å². The highest BCUT2D eigenvalue weighted by Gasteiger charge is 2.14. The number of nitriles is 1. The van der Waals surface area contributed by atoms with E-state index in [1.165, 1.54) is 13.0 Å². The van der Waals surface area contributed by atoms with Crippen molar-refractivity contribution >= 4 is 11.8 Å². The summed E-state index contributed by atoms with van der Waals surface area (Å²) in [5.41, 5.74) is -0.233. The van der Waals surface area contributed by atoms with Crippen LogP contribution in [0.2, 0.25) is 0 Å². The minimum atomic E-state index is -1.05. The molecule has 0 heterocycles. The lowest BCUT2D eigenvalue weighted by Crippen LogP contribution is -2.21. The van der Waals surface area contributed by atoms with Gasteiger partial charge in [-0.05, 0) is 6.92 Å². The smallest absolute Gasteiger partial charge is 0.609 e. The summed E-state index contributed by atoms with van der Waals surface area (Å²) in [5, 5.41) is 18.8. The third-order valence-corrected chi connectivity index (χ3v) is 0.900. The monoisotopic (exact) mass is 156 g/mol. The predicted octanol–water partition coefficient (Wildman–Crippen LogP) is 0.638. The number of amides is 1. The highest BCUT2D eigenvalue weighted by Crippen LogP contribution is 1.84. The minimum absolute atomic E-state index is 0.0799. The van der Waals surface area contributed by atoms with E-state index in [0.717, 1.165) is 0 Å². The molecule has 0 unspecified atom stereocenters. The van der Waals surface area contributed by atoms with Crippen LogP contribution in [0, 0.1) is 16.5 Å². The van der Waals surface area contributed by atoms with Gasteiger partial charge in [0.25, 0.3) is 5.71 Å². The Morgan fingerprint density at radius 1 is 1.82 bits per heavy atom. The minimum Gasteiger partial charge on any atom is -0.613 e. The average molecular weight is 156 g/mol. The van der Waals surface area contributed by atoms with E-state index in [2.05, 4.69) is 4.74 Å². The topological polar surface area (TPSA) is 76.2 Å². The van der Waals surface area contributed by atoms with Gasteiger partial charge < -0.3 is 9.94 Å². The molecular formula is C6H8N2O3. The van der Waals surface area contributed by atoms with Crippen molar-refractivity contribution in [2.24, 2.45) is 0 Å². The SMILES string of the molecule is CCOC(=O)/[N+]([O-])=C(/C)C#N. The van der Waals surface area contributed by atoms with Gasteiger partial charge in [0.2, 0.25) is 0 Å². The second-order valence-electron chi connectivity index (χ2n) is 1.69. The first-order valence-corrected chi connectivity index (χ1v) is 3.01. The summed E-state index contributed by atoms with van der Waals surface area (Å²) in [6, 6.07) is 1.53. The summed E-state index contributed by atoms with van der Waals surface area (Å²) in [7, 11) is 0. The van der Waals surface area contributed by atoms with Crippen LogP contribution in [0.4, 0.5) is 4.79 Å². The van der Waals surface area contributed by atoms with Crippen LogP contribution in [0.5, 0.6) is 0 Å². The normalized spacial score (nSPS) is 11.4. The summed E-state index contributed by atoms with van der Waals surface area (Å²) in [5.74, 6) is 0. The first-order chi connectivity index (χ1) is 5.13. The quantitative estimate of drug-likeness (QED) is 0.241. The number of nitrogens with zero attached hydrogens (tertiary/aromatic N) is 2. The molecule has 0 aromatic rings. The first-order valence-electron chi connectivity index (χ1n) is 3.01. The lowest BCUT2D eigenvalue weighted by molar-refractivity contribution is -0.373. The van der Waals surface area contributed by atoms with Gasteiger partial charge in [0.15, 0.2) is 6.07 Å². The molecular weight excluding hydrogens is 148 g/mol. The highest BCUT2D eigenvalue weighted by molar-refractivity contribution is 5.94. The maximum Gasteiger partial charge on any atom is 0.609 e. The van der Waals surface area contributed by atoms with Crippen molar-refractivity contribution in [2.75, 3.05) is 6.61 Å². The molecule has 0 radical (unpaired) electrons. The third-order valence-electron chi connectivity index (χ3n) is 0.900. The molecule has 0 aliphatic rings. The van der Waals surface area contributed by atoms with E-state index < -0.39 is 6.09 Å². The van der Waals surface area contributed by atoms with Crippen LogP contribution in [0.3, 0.4) is 0 Å². The highest BCUT2D eigenvalue weighted by atomic mass is 16.6. The second-order valence-corrected chi connectivity index (χ2v) is 1.69. The van der Waals surface area contributed by atoms with Gasteiger partial charge in [-0.15, -0.1) is 0 Å². The average Bonchev–Trinajstić information content (AvgIpc) is 2.02. The van der Waals surface area contributed by atoms with Crippen molar-refractivity contribution in [1.82, 2.24) is 0 Å². The number of carbonyl (C=O) groups excluding carboxylic acids is 1. The van der Waals surface area contributed by atoms with Crippen LogP contribution in [-0.2, 0) is 4.74 Å². The Morgan fingerprint density at radius 3 is 2.73 bits per heavy atom. The molecule has 11 heavy (non-hydrogen) atoms. The molecule has 5 nitrogen and oxygen atoms in total. The summed E-state index contributed by atoms with van der Waals surface area (Å²) in [6.45, 7) is 2.94. The molecule has 0 aromatic carbocycles. The summed E-state index contributed by atoms with van der Waals surface area (Å²) >= 11 is 0. The summed E-state index contributed by atoms with van der Waals surface area (Å²) in [6.07, 6.45) is -1.05. The number of hydrogen-bond donors (Lipinski definition) is 0. The molecule has 0 N–H and O–H groups in total. The van der Waals surface area contributed by atoms with Gasteiger partial charge in [-0.2, -0.15) is 10.1 Å². The zero-order valence-corrected chi connectivity index (χ0v) is 6.33. The summed E-state index contributed by atoms with van der Waals surface area (Å²) in [4.78, 5) is 10.6. The molecule has 1 amide bonds. The molecule has 0 fully saturated rings. The van der Waals surface area contributed by atoms with E-state index in [-0.39, 0.29) is 17.1 Å². The largest absolute Gasteiger partial charge is 0.613 e. The molecule has 0 aliphatic carbocycles. The third kappa shape index (κ3) is 2.67. The van der Waals surface area contributed by atoms with Gasteiger partial charge in [0.05, 0.1) is 6.61 Å². The van der Waals surface area contributed by atoms with Crippen molar-refractivity contribution in [3.8, 4) is 6.07 Å². The lowest BCUT2D eigenvalue weighted by Gasteiger charge is -1.99. The van der Waals surface area contributed by atoms with Crippen molar-refractivity contribution in [3.05, 3.63) is 5.21 Å². The number of ether oxygens (including phenoxy) is 1. The standard InChI is InChI=1S/C6H8N2O3/c1-3-11-6(9)8(10)5(2)4-7/h3H2,1-2H3/b8-5+. The number of hydroxylamine groups is 1. The molecule has 0 aromatic heterocycles. The van der Waals surface area contributed by atoms with E-state index in [4.69, 9.17) is 5.26 Å². The number of rotatable bonds is 1. The molecule has 0 aliphatic heterocycles. The fourth-order valence-corrected chi connectivity index (χ4v) is 0.364. The zero-order chi connectivity index (χ0) is 8.85. The van der Waals surface area contributed by atoms with Crippen molar-refractivity contribution < 1.29 is 14.3 Å². The Hall–Kier alpha value is -1.57. The molecule has 0 rings (SSSR count). The van der Waals surface area contributed by atoms with E-state index in [0.29, 0.717) is 0 Å². The molecule has 0 bridgehead atoms. The van der Waals surface area contributed by atoms with Crippen LogP contribution in [0.15, 0.2) is 0 Å². The van der Waals surface area contributed by atoms with Gasteiger partial charge in [-0.3, -0.25) is 0 Å². The van der Waals surface area contributed by atoms with E-state index in [1.807, 2.05) is 0 Å². The van der Waals surface area contributed by atoms with E-state index in [1.54, 1.807) is 6.92 Å². The lowest BCUT2D eigenvalue weighted by atomic mass is 10.5. The fourth-order valence-electron chi connectivity index (χ4n) is 0.364. The Kier molecular flexibility index (Phi) is 3.67. The molecule has 0 saturated heterocycles. The number of carbonyl (C=O) groups is 1. The van der Waals surface area contributed by atoms with Crippen LogP contribution in [0.25, 0.3) is 0 Å². The second kappa shape index (κ2) is 4.28. The van der Waals surface area contributed by atoms with Gasteiger partial charge in [-0.1, -0.05) is 4.74 Å². The first kappa shape index (κ1) is 9.43. The van der Waals surface area contributed by atoms with Crippen molar-refractivity contribution in [3.63, 3.8) is 0 Å². The van der Waals surface area contributed by atoms with Crippen LogP contribution in [0.1, 0.15) is 13.8 Å². The molecule has 5 heteroatoms. The Balaban J connectivity index is 4.37. The molecule has 0 spiro atoms. The van der Waals surface area contributed by atoms with Gasteiger partial charge >= 0.3 is 6.09 Å². The molecule has 60 valence electrons. The maximum absolute atomic E-state index is 10.6.